The van der Waals surface area contributed by atoms with Crippen LogP contribution in [0.5, 0.6) is 0 Å². The first-order valence-corrected chi connectivity index (χ1v) is 12.8. The van der Waals surface area contributed by atoms with Gasteiger partial charge in [0.1, 0.15) is 18.1 Å². The van der Waals surface area contributed by atoms with Gasteiger partial charge in [-0.25, -0.2) is 4.68 Å². The summed E-state index contributed by atoms with van der Waals surface area (Å²) in [6.07, 6.45) is 0.856. The van der Waals surface area contributed by atoms with Crippen molar-refractivity contribution in [3.63, 3.8) is 0 Å². The smallest absolute Gasteiger partial charge is 0.249 e. The zero-order valence-electron chi connectivity index (χ0n) is 22.2. The largest absolute Gasteiger partial charge is 0.354 e. The molecular weight excluding hydrogens is 462 g/mol. The molecule has 0 aliphatic carbocycles. The summed E-state index contributed by atoms with van der Waals surface area (Å²) in [5, 5.41) is 11.5. The fourth-order valence-corrected chi connectivity index (χ4v) is 4.48. The van der Waals surface area contributed by atoms with Gasteiger partial charge in [-0.3, -0.25) is 14.5 Å². The number of para-hydroxylation sites is 1. The molecule has 1 heterocycles. The van der Waals surface area contributed by atoms with Crippen LogP contribution in [0.3, 0.4) is 0 Å². The quantitative estimate of drug-likeness (QED) is 0.341. The number of carbonyl (C=O) groups is 2. The number of nitrogens with zero attached hydrogens (tertiary/aromatic N) is 4. The Labute approximate surface area is 218 Å². The molecule has 0 spiro atoms. The fraction of sp³-hybridized carbons (Fsp3) is 0.333. The third-order valence-corrected chi connectivity index (χ3v) is 6.51. The van der Waals surface area contributed by atoms with E-state index in [0.29, 0.717) is 18.2 Å². The van der Waals surface area contributed by atoms with Gasteiger partial charge in [-0.05, 0) is 62.4 Å². The molecule has 0 radical (unpaired) electrons. The summed E-state index contributed by atoms with van der Waals surface area (Å²) in [6, 6.07) is 20.4. The van der Waals surface area contributed by atoms with E-state index in [-0.39, 0.29) is 18.4 Å². The van der Waals surface area contributed by atoms with Crippen molar-refractivity contribution in [3.05, 3.63) is 89.0 Å². The van der Waals surface area contributed by atoms with Crippen molar-refractivity contribution in [1.82, 2.24) is 20.3 Å². The summed E-state index contributed by atoms with van der Waals surface area (Å²) < 4.78 is 1.59. The minimum Gasteiger partial charge on any atom is -0.354 e. The minimum atomic E-state index is -0.837. The highest BCUT2D eigenvalue weighted by Gasteiger charge is 2.34. The number of hydrogen-bond acceptors (Lipinski definition) is 4. The Hall–Kier alpha value is -4.00. The average Bonchev–Trinajstić information content (AvgIpc) is 3.26. The Morgan fingerprint density at radius 2 is 1.65 bits per heavy atom. The maximum absolute atomic E-state index is 14.1. The predicted molar refractivity (Wildman–Crippen MR) is 147 cm³/mol. The van der Waals surface area contributed by atoms with Gasteiger partial charge < -0.3 is 5.32 Å². The van der Waals surface area contributed by atoms with Crippen molar-refractivity contribution in [2.45, 2.75) is 53.6 Å². The highest BCUT2D eigenvalue weighted by Crippen LogP contribution is 2.32. The summed E-state index contributed by atoms with van der Waals surface area (Å²) >= 11 is 0. The number of rotatable bonds is 9. The molecule has 0 fully saturated rings. The number of aromatic nitrogens is 3. The van der Waals surface area contributed by atoms with E-state index in [1.807, 2.05) is 87.5 Å². The zero-order chi connectivity index (χ0) is 26.5. The van der Waals surface area contributed by atoms with Gasteiger partial charge in [0.25, 0.3) is 0 Å². The maximum Gasteiger partial charge on any atom is 0.249 e. The van der Waals surface area contributed by atoms with Crippen LogP contribution in [0.1, 0.15) is 48.6 Å². The van der Waals surface area contributed by atoms with E-state index in [2.05, 4.69) is 29.5 Å². The van der Waals surface area contributed by atoms with E-state index in [9.17, 15) is 9.59 Å². The molecular formula is C30H35N5O2. The highest BCUT2D eigenvalue weighted by atomic mass is 16.2. The normalized spacial score (nSPS) is 12.1. The molecule has 192 valence electrons. The van der Waals surface area contributed by atoms with Gasteiger partial charge >= 0.3 is 0 Å². The van der Waals surface area contributed by atoms with Crippen molar-refractivity contribution in [3.8, 4) is 0 Å². The van der Waals surface area contributed by atoms with Gasteiger partial charge in [-0.1, -0.05) is 78.7 Å². The van der Waals surface area contributed by atoms with Crippen LogP contribution >= 0.6 is 0 Å². The second-order valence-electron chi connectivity index (χ2n) is 10.1. The highest BCUT2D eigenvalue weighted by molar-refractivity contribution is 6.02. The molecule has 7 heteroatoms. The zero-order valence-corrected chi connectivity index (χ0v) is 22.2. The number of carbonyl (C=O) groups excluding carboxylic acids is 2. The van der Waals surface area contributed by atoms with Crippen LogP contribution in [0, 0.1) is 26.7 Å². The molecule has 7 nitrogen and oxygen atoms in total. The lowest BCUT2D eigenvalue weighted by atomic mass is 9.99. The van der Waals surface area contributed by atoms with Crippen molar-refractivity contribution < 1.29 is 9.59 Å². The number of anilines is 1. The van der Waals surface area contributed by atoms with Gasteiger partial charge in [0, 0.05) is 12.2 Å². The Bertz CT molecular complexity index is 1390. The summed E-state index contributed by atoms with van der Waals surface area (Å²) in [6.45, 7) is 10.7. The first-order valence-electron chi connectivity index (χ1n) is 12.8. The predicted octanol–water partition coefficient (Wildman–Crippen LogP) is 5.29. The lowest BCUT2D eigenvalue weighted by molar-refractivity contribution is -0.127. The molecule has 2 amide bonds. The number of nitrogens with one attached hydrogen (secondary N) is 1. The van der Waals surface area contributed by atoms with E-state index < -0.39 is 6.04 Å². The Balaban J connectivity index is 1.79. The number of aryl methyl sites for hydroxylation is 3. The molecule has 37 heavy (non-hydrogen) atoms. The van der Waals surface area contributed by atoms with Crippen molar-refractivity contribution in [2.75, 3.05) is 11.4 Å². The monoisotopic (exact) mass is 497 g/mol. The van der Waals surface area contributed by atoms with Gasteiger partial charge in [-0.2, -0.15) is 0 Å². The van der Waals surface area contributed by atoms with Crippen molar-refractivity contribution in [1.29, 1.82) is 0 Å². The Morgan fingerprint density at radius 3 is 2.35 bits per heavy atom. The first-order chi connectivity index (χ1) is 17.7. The number of fused-ring (bicyclic) bond motifs is 1. The van der Waals surface area contributed by atoms with Crippen LogP contribution in [0.4, 0.5) is 5.69 Å². The molecule has 1 N–H and O–H groups in total. The third kappa shape index (κ3) is 6.05. The molecule has 0 unspecified atom stereocenters. The molecule has 0 bridgehead atoms. The molecule has 4 aromatic rings. The summed E-state index contributed by atoms with van der Waals surface area (Å²) in [7, 11) is 0. The van der Waals surface area contributed by atoms with Crippen LogP contribution in [-0.4, -0.2) is 33.4 Å². The van der Waals surface area contributed by atoms with Gasteiger partial charge in [0.2, 0.25) is 11.8 Å². The molecule has 0 saturated heterocycles. The standard InChI is InChI=1S/C30H35N5O2/c1-20(2)16-17-31-30(37)29(24-13-10-21(3)11-14-24)35(26-15-12-22(4)18-23(26)5)28(36)19-34-27-9-7-6-8-25(27)32-33-34/h6-15,18,20,29H,16-17,19H2,1-5H3,(H,31,37)/t29-/m1/s1. The molecule has 0 saturated carbocycles. The molecule has 1 aromatic heterocycles. The Morgan fingerprint density at radius 1 is 0.946 bits per heavy atom. The molecule has 0 aliphatic rings. The van der Waals surface area contributed by atoms with Gasteiger partial charge in [0.15, 0.2) is 0 Å². The van der Waals surface area contributed by atoms with E-state index in [1.54, 1.807) is 9.58 Å². The summed E-state index contributed by atoms with van der Waals surface area (Å²) in [4.78, 5) is 29.5. The van der Waals surface area contributed by atoms with E-state index >= 15 is 0 Å². The van der Waals surface area contributed by atoms with Crippen molar-refractivity contribution in [2.24, 2.45) is 5.92 Å². The van der Waals surface area contributed by atoms with Crippen LogP contribution < -0.4 is 10.2 Å². The maximum atomic E-state index is 14.1. The number of benzene rings is 3. The lowest BCUT2D eigenvalue weighted by Crippen LogP contribution is -2.46. The average molecular weight is 498 g/mol. The van der Waals surface area contributed by atoms with Gasteiger partial charge in [-0.15, -0.1) is 5.10 Å². The van der Waals surface area contributed by atoms with E-state index in [1.165, 1.54) is 0 Å². The van der Waals surface area contributed by atoms with Crippen LogP contribution in [0.2, 0.25) is 0 Å². The van der Waals surface area contributed by atoms with Crippen molar-refractivity contribution >= 4 is 28.5 Å². The molecule has 1 atom stereocenters. The third-order valence-electron chi connectivity index (χ3n) is 6.51. The topological polar surface area (TPSA) is 80.1 Å². The van der Waals surface area contributed by atoms with Gasteiger partial charge in [0.05, 0.1) is 5.52 Å². The summed E-state index contributed by atoms with van der Waals surface area (Å²) in [5.74, 6) is 0.00395. The SMILES string of the molecule is Cc1ccc([C@H](C(=O)NCCC(C)C)N(C(=O)Cn2nnc3ccccc32)c2ccc(C)cc2C)cc1. The molecule has 4 rings (SSSR count). The first kappa shape index (κ1) is 26.1. The van der Waals surface area contributed by atoms with E-state index in [0.717, 1.165) is 39.7 Å². The molecule has 3 aromatic carbocycles. The number of amides is 2. The Kier molecular flexibility index (Phi) is 8.01. The van der Waals surface area contributed by atoms with Crippen LogP contribution in [0.25, 0.3) is 11.0 Å². The summed E-state index contributed by atoms with van der Waals surface area (Å²) in [5.41, 5.74) is 6.03. The van der Waals surface area contributed by atoms with E-state index in [4.69, 9.17) is 0 Å². The fourth-order valence-electron chi connectivity index (χ4n) is 4.48. The lowest BCUT2D eigenvalue weighted by Gasteiger charge is -2.33. The molecule has 0 aliphatic heterocycles. The minimum absolute atomic E-state index is 0.0462. The second-order valence-corrected chi connectivity index (χ2v) is 10.1. The second kappa shape index (κ2) is 11.4. The van der Waals surface area contributed by atoms with Crippen LogP contribution in [0.15, 0.2) is 66.7 Å². The number of hydrogen-bond donors (Lipinski definition) is 1. The van der Waals surface area contributed by atoms with Crippen LogP contribution in [-0.2, 0) is 16.1 Å².